The van der Waals surface area contributed by atoms with Gasteiger partial charge in [0.15, 0.2) is 0 Å². The lowest BCUT2D eigenvalue weighted by molar-refractivity contribution is 0.415. The Morgan fingerprint density at radius 3 is 2.22 bits per heavy atom. The maximum Gasteiger partial charge on any atom is 0.262 e. The highest BCUT2D eigenvalue weighted by Crippen LogP contribution is 2.22. The van der Waals surface area contributed by atoms with Crippen LogP contribution in [0.5, 0.6) is 5.75 Å². The molecule has 0 saturated carbocycles. The fraction of sp³-hybridized carbons (Fsp3) is 0.0833. The minimum atomic E-state index is -3.72. The van der Waals surface area contributed by atoms with Crippen molar-refractivity contribution in [2.75, 3.05) is 7.11 Å². The van der Waals surface area contributed by atoms with E-state index >= 15 is 0 Å². The van der Waals surface area contributed by atoms with Crippen LogP contribution in [-0.4, -0.2) is 20.5 Å². The number of ether oxygens (including phenoxy) is 1. The molecule has 0 atom stereocenters. The van der Waals surface area contributed by atoms with Crippen molar-refractivity contribution in [1.29, 1.82) is 0 Å². The van der Waals surface area contributed by atoms with E-state index in [1.54, 1.807) is 13.2 Å². The maximum atomic E-state index is 11.1. The van der Waals surface area contributed by atoms with Crippen molar-refractivity contribution in [1.82, 2.24) is 4.98 Å². The molecule has 6 heteroatoms. The lowest BCUT2D eigenvalue weighted by Gasteiger charge is -2.03. The first-order valence-corrected chi connectivity index (χ1v) is 7.37. The van der Waals surface area contributed by atoms with E-state index in [0.29, 0.717) is 5.69 Å². The molecule has 2 aromatic rings. The van der Waals surface area contributed by atoms with Crippen molar-refractivity contribution in [2.24, 2.45) is 0 Å². The molecular formula is C12H10ClNO3S. The first kappa shape index (κ1) is 12.9. The van der Waals surface area contributed by atoms with Gasteiger partial charge in [0.05, 0.1) is 12.8 Å². The van der Waals surface area contributed by atoms with Crippen molar-refractivity contribution in [3.8, 4) is 17.0 Å². The van der Waals surface area contributed by atoms with E-state index in [1.165, 1.54) is 12.3 Å². The summed E-state index contributed by atoms with van der Waals surface area (Å²) in [4.78, 5) is 4.05. The van der Waals surface area contributed by atoms with Crippen LogP contribution in [0.1, 0.15) is 0 Å². The zero-order valence-electron chi connectivity index (χ0n) is 9.50. The second kappa shape index (κ2) is 4.96. The van der Waals surface area contributed by atoms with E-state index in [4.69, 9.17) is 15.4 Å². The zero-order chi connectivity index (χ0) is 13.2. The molecule has 0 unspecified atom stereocenters. The standard InChI is InChI=1S/C12H10ClNO3S/c1-17-10-4-2-9(3-5-10)12-7-6-11(8-14-12)18(13,15)16/h2-8H,1H3. The summed E-state index contributed by atoms with van der Waals surface area (Å²) in [6.45, 7) is 0. The van der Waals surface area contributed by atoms with Gasteiger partial charge >= 0.3 is 0 Å². The van der Waals surface area contributed by atoms with Gasteiger partial charge in [-0.3, -0.25) is 4.98 Å². The van der Waals surface area contributed by atoms with E-state index in [1.807, 2.05) is 24.3 Å². The molecule has 0 saturated heterocycles. The van der Waals surface area contributed by atoms with Crippen molar-refractivity contribution in [3.05, 3.63) is 42.6 Å². The third-order valence-electron chi connectivity index (χ3n) is 2.40. The number of hydrogen-bond acceptors (Lipinski definition) is 4. The minimum absolute atomic E-state index is 0.0126. The number of aromatic nitrogens is 1. The van der Waals surface area contributed by atoms with Gasteiger partial charge in [-0.1, -0.05) is 0 Å². The smallest absolute Gasteiger partial charge is 0.262 e. The quantitative estimate of drug-likeness (QED) is 0.813. The van der Waals surface area contributed by atoms with Crippen LogP contribution >= 0.6 is 10.7 Å². The van der Waals surface area contributed by atoms with E-state index in [0.717, 1.165) is 11.3 Å². The van der Waals surface area contributed by atoms with E-state index in [-0.39, 0.29) is 4.90 Å². The fourth-order valence-electron chi connectivity index (χ4n) is 1.46. The molecule has 1 heterocycles. The molecule has 0 aliphatic carbocycles. The Bertz CT molecular complexity index is 636. The summed E-state index contributed by atoms with van der Waals surface area (Å²) in [5.41, 5.74) is 1.54. The second-order valence-electron chi connectivity index (χ2n) is 3.55. The number of benzene rings is 1. The van der Waals surface area contributed by atoms with E-state index in [2.05, 4.69) is 4.98 Å². The zero-order valence-corrected chi connectivity index (χ0v) is 11.1. The van der Waals surface area contributed by atoms with Crippen LogP contribution in [-0.2, 0) is 9.05 Å². The summed E-state index contributed by atoms with van der Waals surface area (Å²) in [6, 6.07) is 10.3. The van der Waals surface area contributed by atoms with Crippen LogP contribution in [0.4, 0.5) is 0 Å². The summed E-state index contributed by atoms with van der Waals surface area (Å²) in [7, 11) is 3.08. The minimum Gasteiger partial charge on any atom is -0.497 e. The van der Waals surface area contributed by atoms with Gasteiger partial charge in [-0.2, -0.15) is 0 Å². The van der Waals surface area contributed by atoms with Crippen LogP contribution < -0.4 is 4.74 Å². The predicted molar refractivity (Wildman–Crippen MR) is 69.3 cm³/mol. The van der Waals surface area contributed by atoms with Crippen molar-refractivity contribution in [3.63, 3.8) is 0 Å². The molecule has 0 aliphatic heterocycles. The van der Waals surface area contributed by atoms with Crippen molar-refractivity contribution < 1.29 is 13.2 Å². The van der Waals surface area contributed by atoms with E-state index in [9.17, 15) is 8.42 Å². The first-order valence-electron chi connectivity index (χ1n) is 5.06. The van der Waals surface area contributed by atoms with Gasteiger partial charge in [0.25, 0.3) is 9.05 Å². The van der Waals surface area contributed by atoms with Gasteiger partial charge in [-0.05, 0) is 36.4 Å². The molecule has 4 nitrogen and oxygen atoms in total. The van der Waals surface area contributed by atoms with Gasteiger partial charge in [0.1, 0.15) is 10.6 Å². The van der Waals surface area contributed by atoms with Gasteiger partial charge in [-0.25, -0.2) is 8.42 Å². The van der Waals surface area contributed by atoms with Gasteiger partial charge in [-0.15, -0.1) is 0 Å². The lowest BCUT2D eigenvalue weighted by Crippen LogP contribution is -1.92. The van der Waals surface area contributed by atoms with E-state index < -0.39 is 9.05 Å². The molecule has 0 spiro atoms. The summed E-state index contributed by atoms with van der Waals surface area (Å²) in [5, 5.41) is 0. The lowest BCUT2D eigenvalue weighted by atomic mass is 10.1. The summed E-state index contributed by atoms with van der Waals surface area (Å²) in [6.07, 6.45) is 1.24. The average molecular weight is 284 g/mol. The summed E-state index contributed by atoms with van der Waals surface area (Å²) in [5.74, 6) is 0.749. The van der Waals surface area contributed by atoms with Crippen molar-refractivity contribution in [2.45, 2.75) is 4.90 Å². The number of methoxy groups -OCH3 is 1. The molecule has 0 aliphatic rings. The highest BCUT2D eigenvalue weighted by atomic mass is 35.7. The van der Waals surface area contributed by atoms with Crippen LogP contribution in [0.15, 0.2) is 47.5 Å². The molecule has 94 valence electrons. The molecule has 0 bridgehead atoms. The van der Waals surface area contributed by atoms with Crippen molar-refractivity contribution >= 4 is 19.7 Å². The highest BCUT2D eigenvalue weighted by molar-refractivity contribution is 8.13. The summed E-state index contributed by atoms with van der Waals surface area (Å²) >= 11 is 0. The molecule has 0 N–H and O–H groups in total. The molecule has 1 aromatic carbocycles. The highest BCUT2D eigenvalue weighted by Gasteiger charge is 2.10. The molecule has 1 aromatic heterocycles. The Balaban J connectivity index is 2.34. The Morgan fingerprint density at radius 1 is 1.11 bits per heavy atom. The molecule has 0 amide bonds. The first-order chi connectivity index (χ1) is 8.50. The molecule has 2 rings (SSSR count). The van der Waals surface area contributed by atoms with Crippen LogP contribution in [0.25, 0.3) is 11.3 Å². The monoisotopic (exact) mass is 283 g/mol. The second-order valence-corrected chi connectivity index (χ2v) is 6.11. The molecule has 18 heavy (non-hydrogen) atoms. The van der Waals surface area contributed by atoms with Gasteiger partial charge < -0.3 is 4.74 Å². The summed E-state index contributed by atoms with van der Waals surface area (Å²) < 4.78 is 27.2. The number of hydrogen-bond donors (Lipinski definition) is 0. The fourth-order valence-corrected chi connectivity index (χ4v) is 2.14. The van der Waals surface area contributed by atoms with Crippen LogP contribution in [0, 0.1) is 0 Å². The Labute approximate surface area is 110 Å². The third-order valence-corrected chi connectivity index (χ3v) is 3.74. The molecular weight excluding hydrogens is 274 g/mol. The molecule has 0 fully saturated rings. The largest absolute Gasteiger partial charge is 0.497 e. The predicted octanol–water partition coefficient (Wildman–Crippen LogP) is 2.68. The van der Waals surface area contributed by atoms with Gasteiger partial charge in [0, 0.05) is 22.4 Å². The van der Waals surface area contributed by atoms with Crippen LogP contribution in [0.3, 0.4) is 0 Å². The van der Waals surface area contributed by atoms with Crippen LogP contribution in [0.2, 0.25) is 0 Å². The Hall–Kier alpha value is -1.59. The number of rotatable bonds is 3. The normalized spacial score (nSPS) is 11.2. The average Bonchev–Trinajstić information content (AvgIpc) is 2.38. The number of halogens is 1. The third kappa shape index (κ3) is 2.80. The Morgan fingerprint density at radius 2 is 1.78 bits per heavy atom. The van der Waals surface area contributed by atoms with Gasteiger partial charge in [0.2, 0.25) is 0 Å². The topological polar surface area (TPSA) is 56.3 Å². The molecule has 0 radical (unpaired) electrons. The maximum absolute atomic E-state index is 11.1. The Kier molecular flexibility index (Phi) is 3.54. The SMILES string of the molecule is COc1ccc(-c2ccc(S(=O)(=O)Cl)cn2)cc1. The number of pyridine rings is 1. The number of nitrogens with zero attached hydrogens (tertiary/aromatic N) is 1.